The van der Waals surface area contributed by atoms with Crippen LogP contribution in [-0.2, 0) is 13.0 Å². The van der Waals surface area contributed by atoms with Gasteiger partial charge in [-0.1, -0.05) is 12.1 Å². The van der Waals surface area contributed by atoms with E-state index in [1.165, 1.54) is 0 Å². The SMILES string of the molecule is COc1ccc(Cn2ncc(CCO)c2OC)cc1. The van der Waals surface area contributed by atoms with Gasteiger partial charge in [-0.25, -0.2) is 4.68 Å². The molecule has 1 aromatic heterocycles. The van der Waals surface area contributed by atoms with Crippen molar-refractivity contribution in [2.45, 2.75) is 13.0 Å². The Morgan fingerprint density at radius 1 is 1.16 bits per heavy atom. The second-order valence-corrected chi connectivity index (χ2v) is 4.16. The summed E-state index contributed by atoms with van der Waals surface area (Å²) in [5.74, 6) is 1.53. The van der Waals surface area contributed by atoms with Crippen LogP contribution in [0.25, 0.3) is 0 Å². The van der Waals surface area contributed by atoms with Gasteiger partial charge in [0.05, 0.1) is 27.0 Å². The molecule has 0 atom stereocenters. The molecule has 0 fully saturated rings. The molecule has 1 aromatic carbocycles. The molecule has 0 aliphatic heterocycles. The zero-order valence-corrected chi connectivity index (χ0v) is 11.2. The Hall–Kier alpha value is -2.01. The predicted octanol–water partition coefficient (Wildman–Crippen LogP) is 1.48. The zero-order chi connectivity index (χ0) is 13.7. The van der Waals surface area contributed by atoms with Crippen molar-refractivity contribution in [3.63, 3.8) is 0 Å². The molecule has 5 nitrogen and oxygen atoms in total. The summed E-state index contributed by atoms with van der Waals surface area (Å²) >= 11 is 0. The normalized spacial score (nSPS) is 10.5. The van der Waals surface area contributed by atoms with E-state index < -0.39 is 0 Å². The van der Waals surface area contributed by atoms with Gasteiger partial charge in [0.2, 0.25) is 5.88 Å². The average molecular weight is 262 g/mol. The lowest BCUT2D eigenvalue weighted by atomic mass is 10.2. The van der Waals surface area contributed by atoms with Gasteiger partial charge in [0.15, 0.2) is 0 Å². The first kappa shape index (κ1) is 13.4. The second kappa shape index (κ2) is 6.24. The van der Waals surface area contributed by atoms with Gasteiger partial charge >= 0.3 is 0 Å². The van der Waals surface area contributed by atoms with Crippen molar-refractivity contribution >= 4 is 0 Å². The fraction of sp³-hybridized carbons (Fsp3) is 0.357. The van der Waals surface area contributed by atoms with Crippen LogP contribution < -0.4 is 9.47 Å². The molecule has 1 heterocycles. The van der Waals surface area contributed by atoms with Crippen LogP contribution in [0.5, 0.6) is 11.6 Å². The van der Waals surface area contributed by atoms with Gasteiger partial charge in [-0.15, -0.1) is 0 Å². The predicted molar refractivity (Wildman–Crippen MR) is 71.7 cm³/mol. The largest absolute Gasteiger partial charge is 0.497 e. The molecule has 0 spiro atoms. The zero-order valence-electron chi connectivity index (χ0n) is 11.2. The van der Waals surface area contributed by atoms with Gasteiger partial charge in [-0.3, -0.25) is 0 Å². The number of aliphatic hydroxyl groups excluding tert-OH is 1. The molecule has 2 rings (SSSR count). The first-order chi connectivity index (χ1) is 9.28. The lowest BCUT2D eigenvalue weighted by Gasteiger charge is -2.08. The summed E-state index contributed by atoms with van der Waals surface area (Å²) in [5, 5.41) is 13.3. The summed E-state index contributed by atoms with van der Waals surface area (Å²) in [7, 11) is 3.26. The van der Waals surface area contributed by atoms with E-state index in [2.05, 4.69) is 5.10 Å². The first-order valence-corrected chi connectivity index (χ1v) is 6.11. The first-order valence-electron chi connectivity index (χ1n) is 6.11. The molecule has 5 heteroatoms. The van der Waals surface area contributed by atoms with Crippen molar-refractivity contribution in [2.75, 3.05) is 20.8 Å². The molecule has 19 heavy (non-hydrogen) atoms. The molecule has 0 amide bonds. The highest BCUT2D eigenvalue weighted by Crippen LogP contribution is 2.20. The summed E-state index contributed by atoms with van der Waals surface area (Å²) in [5.41, 5.74) is 2.02. The van der Waals surface area contributed by atoms with Gasteiger partial charge in [-0.05, 0) is 17.7 Å². The van der Waals surface area contributed by atoms with Crippen LogP contribution in [0, 0.1) is 0 Å². The van der Waals surface area contributed by atoms with Crippen LogP contribution in [0.4, 0.5) is 0 Å². The minimum absolute atomic E-state index is 0.0879. The van der Waals surface area contributed by atoms with Crippen LogP contribution >= 0.6 is 0 Å². The number of rotatable bonds is 6. The lowest BCUT2D eigenvalue weighted by Crippen LogP contribution is -2.05. The molecular weight excluding hydrogens is 244 g/mol. The van der Waals surface area contributed by atoms with E-state index in [-0.39, 0.29) is 6.61 Å². The standard InChI is InChI=1S/C14H18N2O3/c1-18-13-5-3-11(4-6-13)10-16-14(19-2)12(7-8-17)9-15-16/h3-6,9,17H,7-8,10H2,1-2H3. The van der Waals surface area contributed by atoms with Crippen molar-refractivity contribution in [2.24, 2.45) is 0 Å². The van der Waals surface area contributed by atoms with Crippen molar-refractivity contribution in [1.29, 1.82) is 0 Å². The second-order valence-electron chi connectivity index (χ2n) is 4.16. The minimum atomic E-state index is 0.0879. The van der Waals surface area contributed by atoms with E-state index in [1.807, 2.05) is 24.3 Å². The number of nitrogens with zero attached hydrogens (tertiary/aromatic N) is 2. The molecule has 2 aromatic rings. The smallest absolute Gasteiger partial charge is 0.215 e. The molecule has 0 unspecified atom stereocenters. The maximum atomic E-state index is 8.99. The Morgan fingerprint density at radius 2 is 1.89 bits per heavy atom. The van der Waals surface area contributed by atoms with Gasteiger partial charge in [0.25, 0.3) is 0 Å². The molecule has 0 saturated carbocycles. The molecule has 0 bridgehead atoms. The maximum absolute atomic E-state index is 8.99. The molecule has 0 radical (unpaired) electrons. The molecular formula is C14H18N2O3. The van der Waals surface area contributed by atoms with Crippen LogP contribution in [0.2, 0.25) is 0 Å². The Morgan fingerprint density at radius 3 is 2.47 bits per heavy atom. The third-order valence-electron chi connectivity index (χ3n) is 2.93. The Bertz CT molecular complexity index is 520. The molecule has 0 aliphatic rings. The van der Waals surface area contributed by atoms with Crippen LogP contribution in [0.3, 0.4) is 0 Å². The number of benzene rings is 1. The number of methoxy groups -OCH3 is 2. The molecule has 0 saturated heterocycles. The van der Waals surface area contributed by atoms with Crippen LogP contribution in [-0.4, -0.2) is 35.7 Å². The van der Waals surface area contributed by atoms with Crippen molar-refractivity contribution < 1.29 is 14.6 Å². The van der Waals surface area contributed by atoms with E-state index in [1.54, 1.807) is 25.1 Å². The summed E-state index contributed by atoms with van der Waals surface area (Å²) in [6.45, 7) is 0.711. The fourth-order valence-corrected chi connectivity index (χ4v) is 1.96. The maximum Gasteiger partial charge on any atom is 0.215 e. The lowest BCUT2D eigenvalue weighted by molar-refractivity contribution is 0.295. The molecule has 0 aliphatic carbocycles. The van der Waals surface area contributed by atoms with Crippen molar-refractivity contribution in [3.05, 3.63) is 41.6 Å². The minimum Gasteiger partial charge on any atom is -0.497 e. The number of hydrogen-bond acceptors (Lipinski definition) is 4. The van der Waals surface area contributed by atoms with E-state index in [0.717, 1.165) is 16.9 Å². The van der Waals surface area contributed by atoms with E-state index in [9.17, 15) is 0 Å². The third kappa shape index (κ3) is 3.06. The van der Waals surface area contributed by atoms with Crippen LogP contribution in [0.1, 0.15) is 11.1 Å². The van der Waals surface area contributed by atoms with Gasteiger partial charge in [-0.2, -0.15) is 5.10 Å². The summed E-state index contributed by atoms with van der Waals surface area (Å²) in [6, 6.07) is 7.82. The van der Waals surface area contributed by atoms with E-state index >= 15 is 0 Å². The van der Waals surface area contributed by atoms with E-state index in [4.69, 9.17) is 14.6 Å². The number of aromatic nitrogens is 2. The summed E-state index contributed by atoms with van der Waals surface area (Å²) in [4.78, 5) is 0. The van der Waals surface area contributed by atoms with E-state index in [0.29, 0.717) is 18.8 Å². The topological polar surface area (TPSA) is 56.5 Å². The van der Waals surface area contributed by atoms with Gasteiger partial charge in [0, 0.05) is 18.6 Å². The highest BCUT2D eigenvalue weighted by atomic mass is 16.5. The Kier molecular flexibility index (Phi) is 4.41. The summed E-state index contributed by atoms with van der Waals surface area (Å²) < 4.78 is 12.3. The highest BCUT2D eigenvalue weighted by Gasteiger charge is 2.11. The number of ether oxygens (including phenoxy) is 2. The monoisotopic (exact) mass is 262 g/mol. The average Bonchev–Trinajstić information content (AvgIpc) is 2.82. The van der Waals surface area contributed by atoms with Crippen LogP contribution in [0.15, 0.2) is 30.5 Å². The Labute approximate surface area is 112 Å². The van der Waals surface area contributed by atoms with Crippen molar-refractivity contribution in [3.8, 4) is 11.6 Å². The third-order valence-corrected chi connectivity index (χ3v) is 2.93. The molecule has 1 N–H and O–H groups in total. The number of aliphatic hydroxyl groups is 1. The quantitative estimate of drug-likeness (QED) is 0.856. The number of hydrogen-bond donors (Lipinski definition) is 1. The Balaban J connectivity index is 2.17. The van der Waals surface area contributed by atoms with Gasteiger partial charge < -0.3 is 14.6 Å². The summed E-state index contributed by atoms with van der Waals surface area (Å²) in [6.07, 6.45) is 2.28. The fourth-order valence-electron chi connectivity index (χ4n) is 1.96. The molecule has 102 valence electrons. The van der Waals surface area contributed by atoms with Crippen molar-refractivity contribution in [1.82, 2.24) is 9.78 Å². The highest BCUT2D eigenvalue weighted by molar-refractivity contribution is 5.29. The van der Waals surface area contributed by atoms with Gasteiger partial charge in [0.1, 0.15) is 5.75 Å².